The molecular weight excluding hydrogens is 140 g/mol. The van der Waals surface area contributed by atoms with E-state index in [1.54, 1.807) is 0 Å². The first-order chi connectivity index (χ1) is 5.33. The molecule has 4 nitrogen and oxygen atoms in total. The number of rotatable bonds is 3. The fourth-order valence-corrected chi connectivity index (χ4v) is 0.709. The molecule has 0 unspecified atom stereocenters. The molecule has 0 heterocycles. The number of hydrogen-bond acceptors (Lipinski definition) is 2. The van der Waals surface area contributed by atoms with Gasteiger partial charge in [0.1, 0.15) is 0 Å². The van der Waals surface area contributed by atoms with Crippen LogP contribution in [0.3, 0.4) is 0 Å². The summed E-state index contributed by atoms with van der Waals surface area (Å²) < 4.78 is 0. The molecule has 0 amide bonds. The molecule has 11 heavy (non-hydrogen) atoms. The molecule has 1 fully saturated rings. The van der Waals surface area contributed by atoms with E-state index in [0.717, 1.165) is 0 Å². The maximum absolute atomic E-state index is 8.19. The summed E-state index contributed by atoms with van der Waals surface area (Å²) in [6.07, 6.45) is 2.82. The second-order valence-corrected chi connectivity index (χ2v) is 2.59. The van der Waals surface area contributed by atoms with Crippen molar-refractivity contribution in [3.8, 4) is 6.07 Å². The van der Waals surface area contributed by atoms with Gasteiger partial charge < -0.3 is 11.1 Å². The van der Waals surface area contributed by atoms with E-state index in [1.807, 2.05) is 6.07 Å². The highest BCUT2D eigenvalue weighted by molar-refractivity contribution is 5.78. The van der Waals surface area contributed by atoms with Gasteiger partial charge in [0, 0.05) is 6.04 Å². The summed E-state index contributed by atoms with van der Waals surface area (Å²) in [5.41, 5.74) is 5.48. The number of nitrogens with one attached hydrogen (secondary N) is 1. The highest BCUT2D eigenvalue weighted by atomic mass is 15.1. The van der Waals surface area contributed by atoms with Crippen LogP contribution in [-0.2, 0) is 0 Å². The number of nitriles is 1. The van der Waals surface area contributed by atoms with Crippen molar-refractivity contribution >= 4 is 5.96 Å². The van der Waals surface area contributed by atoms with Crippen LogP contribution in [0.1, 0.15) is 19.3 Å². The fraction of sp³-hybridized carbons (Fsp3) is 0.714. The molecule has 0 aromatic rings. The van der Waals surface area contributed by atoms with Crippen LogP contribution in [-0.4, -0.2) is 18.5 Å². The van der Waals surface area contributed by atoms with Crippen molar-refractivity contribution in [3.63, 3.8) is 0 Å². The van der Waals surface area contributed by atoms with Gasteiger partial charge in [-0.2, -0.15) is 5.26 Å². The van der Waals surface area contributed by atoms with Crippen molar-refractivity contribution in [2.24, 2.45) is 10.7 Å². The van der Waals surface area contributed by atoms with Gasteiger partial charge in [0.05, 0.1) is 19.0 Å². The first-order valence-electron chi connectivity index (χ1n) is 3.76. The molecule has 0 spiro atoms. The van der Waals surface area contributed by atoms with Gasteiger partial charge in [0.25, 0.3) is 0 Å². The molecule has 1 aliphatic carbocycles. The third-order valence-corrected chi connectivity index (χ3v) is 1.44. The number of nitrogens with two attached hydrogens (primary N) is 1. The van der Waals surface area contributed by atoms with E-state index >= 15 is 0 Å². The second kappa shape index (κ2) is 3.81. The summed E-state index contributed by atoms with van der Waals surface area (Å²) in [6.45, 7) is 0.502. The predicted octanol–water partition coefficient (Wildman–Crippen LogP) is -0.0332. The lowest BCUT2D eigenvalue weighted by molar-refractivity contribution is 0.877. The van der Waals surface area contributed by atoms with Gasteiger partial charge in [-0.3, -0.25) is 4.99 Å². The Kier molecular flexibility index (Phi) is 2.73. The molecule has 0 atom stereocenters. The van der Waals surface area contributed by atoms with Gasteiger partial charge in [0.2, 0.25) is 0 Å². The van der Waals surface area contributed by atoms with E-state index in [2.05, 4.69) is 10.3 Å². The van der Waals surface area contributed by atoms with Crippen LogP contribution in [0.5, 0.6) is 0 Å². The van der Waals surface area contributed by atoms with Gasteiger partial charge in [-0.1, -0.05) is 0 Å². The number of aliphatic imine (C=N–C) groups is 1. The predicted molar refractivity (Wildman–Crippen MR) is 42.9 cm³/mol. The molecule has 3 N–H and O–H groups in total. The van der Waals surface area contributed by atoms with Gasteiger partial charge >= 0.3 is 0 Å². The summed E-state index contributed by atoms with van der Waals surface area (Å²) in [7, 11) is 0. The van der Waals surface area contributed by atoms with Crippen LogP contribution < -0.4 is 11.1 Å². The van der Waals surface area contributed by atoms with E-state index < -0.39 is 0 Å². The Morgan fingerprint density at radius 1 is 1.73 bits per heavy atom. The average molecular weight is 152 g/mol. The smallest absolute Gasteiger partial charge is 0.188 e. The minimum atomic E-state index is 0.438. The molecule has 4 heteroatoms. The maximum atomic E-state index is 8.19. The summed E-state index contributed by atoms with van der Waals surface area (Å²) >= 11 is 0. The number of guanidine groups is 1. The number of nitrogens with zero attached hydrogens (tertiary/aromatic N) is 2. The average Bonchev–Trinajstić information content (AvgIpc) is 2.72. The van der Waals surface area contributed by atoms with Crippen molar-refractivity contribution in [2.75, 3.05) is 6.54 Å². The zero-order chi connectivity index (χ0) is 8.10. The van der Waals surface area contributed by atoms with Crippen molar-refractivity contribution < 1.29 is 0 Å². The Bertz CT molecular complexity index is 187. The Hall–Kier alpha value is -1.24. The third kappa shape index (κ3) is 3.46. The highest BCUT2D eigenvalue weighted by Gasteiger charge is 2.20. The van der Waals surface area contributed by atoms with Gasteiger partial charge in [-0.25, -0.2) is 0 Å². The molecule has 0 aliphatic heterocycles. The van der Waals surface area contributed by atoms with E-state index in [9.17, 15) is 0 Å². The van der Waals surface area contributed by atoms with Crippen molar-refractivity contribution in [3.05, 3.63) is 0 Å². The van der Waals surface area contributed by atoms with Crippen LogP contribution >= 0.6 is 0 Å². The number of hydrogen-bond donors (Lipinski definition) is 2. The Balaban J connectivity index is 2.11. The Labute approximate surface area is 66.1 Å². The van der Waals surface area contributed by atoms with Crippen molar-refractivity contribution in [2.45, 2.75) is 25.3 Å². The molecule has 0 saturated heterocycles. The summed E-state index contributed by atoms with van der Waals surface area (Å²) in [4.78, 5) is 3.95. The van der Waals surface area contributed by atoms with E-state index in [4.69, 9.17) is 11.0 Å². The molecule has 0 aromatic heterocycles. The standard InChI is InChI=1S/C7H12N4/c8-4-1-5-10-7(9)11-6-2-3-6/h6H,1-3,5H2,(H3,9,10,11). The van der Waals surface area contributed by atoms with Crippen molar-refractivity contribution in [1.82, 2.24) is 5.32 Å². The second-order valence-electron chi connectivity index (χ2n) is 2.59. The summed E-state index contributed by atoms with van der Waals surface area (Å²) in [5, 5.41) is 11.2. The lowest BCUT2D eigenvalue weighted by Gasteiger charge is -2.00. The normalized spacial score (nSPS) is 17.5. The molecule has 1 saturated carbocycles. The molecule has 1 aliphatic rings. The zero-order valence-corrected chi connectivity index (χ0v) is 6.38. The first-order valence-corrected chi connectivity index (χ1v) is 3.76. The molecule has 0 bridgehead atoms. The molecule has 0 radical (unpaired) electrons. The van der Waals surface area contributed by atoms with Crippen LogP contribution in [0.25, 0.3) is 0 Å². The van der Waals surface area contributed by atoms with E-state index in [-0.39, 0.29) is 0 Å². The monoisotopic (exact) mass is 152 g/mol. The molecule has 60 valence electrons. The maximum Gasteiger partial charge on any atom is 0.188 e. The highest BCUT2D eigenvalue weighted by Crippen LogP contribution is 2.17. The quantitative estimate of drug-likeness (QED) is 0.338. The molecule has 0 aromatic carbocycles. The summed E-state index contributed by atoms with van der Waals surface area (Å²) in [6, 6.07) is 2.54. The molecular formula is C7H12N4. The summed E-state index contributed by atoms with van der Waals surface area (Å²) in [5.74, 6) is 0.475. The third-order valence-electron chi connectivity index (χ3n) is 1.44. The van der Waals surface area contributed by atoms with Crippen LogP contribution in [0.4, 0.5) is 0 Å². The van der Waals surface area contributed by atoms with Crippen molar-refractivity contribution in [1.29, 1.82) is 5.26 Å². The van der Waals surface area contributed by atoms with Crippen LogP contribution in [0.2, 0.25) is 0 Å². The lowest BCUT2D eigenvalue weighted by atomic mass is 10.5. The van der Waals surface area contributed by atoms with Crippen LogP contribution in [0, 0.1) is 11.3 Å². The Morgan fingerprint density at radius 2 is 2.45 bits per heavy atom. The first kappa shape index (κ1) is 7.86. The fourth-order valence-electron chi connectivity index (χ4n) is 0.709. The minimum Gasteiger partial charge on any atom is -0.370 e. The van der Waals surface area contributed by atoms with Gasteiger partial charge in [-0.05, 0) is 12.8 Å². The van der Waals surface area contributed by atoms with Gasteiger partial charge in [-0.15, -0.1) is 0 Å². The Morgan fingerprint density at radius 3 is 3.00 bits per heavy atom. The largest absolute Gasteiger partial charge is 0.370 e. The van der Waals surface area contributed by atoms with E-state index in [1.165, 1.54) is 12.8 Å². The zero-order valence-electron chi connectivity index (χ0n) is 6.38. The van der Waals surface area contributed by atoms with Crippen LogP contribution in [0.15, 0.2) is 4.99 Å². The molecule has 1 rings (SSSR count). The lowest BCUT2D eigenvalue weighted by Crippen LogP contribution is -2.33. The van der Waals surface area contributed by atoms with E-state index in [0.29, 0.717) is 25.0 Å². The topological polar surface area (TPSA) is 74.2 Å². The minimum absolute atomic E-state index is 0.438. The SMILES string of the molecule is N#CCCN=C(N)NC1CC1. The van der Waals surface area contributed by atoms with Gasteiger partial charge in [0.15, 0.2) is 5.96 Å².